The largest absolute Gasteiger partial charge is 0.392 e. The molecule has 0 bridgehead atoms. The number of piperidine rings is 1. The molecule has 1 unspecified atom stereocenters. The number of aliphatic hydroxyl groups excluding tert-OH is 1. The molecule has 1 fully saturated rings. The van der Waals surface area contributed by atoms with Crippen molar-refractivity contribution in [2.24, 2.45) is 0 Å². The van der Waals surface area contributed by atoms with Gasteiger partial charge in [0.25, 0.3) is 0 Å². The number of carbonyl (C=O) groups excluding carboxylic acids is 1. The topological polar surface area (TPSA) is 52.6 Å². The number of anilines is 1. The van der Waals surface area contributed by atoms with E-state index in [1.165, 1.54) is 0 Å². The molecular formula is C13H16BrClN2O2. The molecule has 1 atom stereocenters. The summed E-state index contributed by atoms with van der Waals surface area (Å²) in [6, 6.07) is 5.32. The molecule has 0 spiro atoms. The third-order valence-corrected chi connectivity index (χ3v) is 3.86. The number of nitrogens with one attached hydrogen (secondary N) is 1. The highest BCUT2D eigenvalue weighted by Gasteiger charge is 2.19. The summed E-state index contributed by atoms with van der Waals surface area (Å²) in [4.78, 5) is 13.9. The van der Waals surface area contributed by atoms with Gasteiger partial charge in [-0.2, -0.15) is 0 Å². The van der Waals surface area contributed by atoms with Gasteiger partial charge in [-0.3, -0.25) is 9.69 Å². The summed E-state index contributed by atoms with van der Waals surface area (Å²) in [5.41, 5.74) is 0.604. The average molecular weight is 348 g/mol. The lowest BCUT2D eigenvalue weighted by atomic mass is 10.1. The lowest BCUT2D eigenvalue weighted by Gasteiger charge is -2.29. The summed E-state index contributed by atoms with van der Waals surface area (Å²) in [5.74, 6) is -0.113. The molecule has 2 rings (SSSR count). The van der Waals surface area contributed by atoms with Crippen LogP contribution in [0, 0.1) is 0 Å². The molecule has 1 heterocycles. The van der Waals surface area contributed by atoms with Crippen LogP contribution in [-0.4, -0.2) is 41.7 Å². The molecule has 1 aliphatic rings. The number of halogens is 2. The van der Waals surface area contributed by atoms with Gasteiger partial charge in [0.1, 0.15) is 0 Å². The fraction of sp³-hybridized carbons (Fsp3) is 0.462. The first-order valence-corrected chi connectivity index (χ1v) is 7.37. The molecule has 0 radical (unpaired) electrons. The third-order valence-electron chi connectivity index (χ3n) is 3.05. The minimum Gasteiger partial charge on any atom is -0.392 e. The zero-order valence-electron chi connectivity index (χ0n) is 10.4. The number of benzene rings is 1. The molecule has 0 saturated carbocycles. The van der Waals surface area contributed by atoms with Gasteiger partial charge < -0.3 is 10.4 Å². The monoisotopic (exact) mass is 346 g/mol. The molecule has 6 heteroatoms. The lowest BCUT2D eigenvalue weighted by molar-refractivity contribution is -0.118. The van der Waals surface area contributed by atoms with Gasteiger partial charge in [0.2, 0.25) is 5.91 Å². The highest BCUT2D eigenvalue weighted by molar-refractivity contribution is 9.10. The molecule has 0 aromatic heterocycles. The van der Waals surface area contributed by atoms with Crippen molar-refractivity contribution in [1.82, 2.24) is 4.90 Å². The van der Waals surface area contributed by atoms with Crippen molar-refractivity contribution in [3.8, 4) is 0 Å². The Labute approximate surface area is 125 Å². The van der Waals surface area contributed by atoms with Gasteiger partial charge in [-0.25, -0.2) is 0 Å². The number of rotatable bonds is 3. The summed E-state index contributed by atoms with van der Waals surface area (Å²) >= 11 is 9.36. The summed E-state index contributed by atoms with van der Waals surface area (Å²) in [6.45, 7) is 1.68. The van der Waals surface area contributed by atoms with E-state index in [-0.39, 0.29) is 18.6 Å². The van der Waals surface area contributed by atoms with Gasteiger partial charge in [-0.15, -0.1) is 0 Å². The molecule has 4 nitrogen and oxygen atoms in total. The summed E-state index contributed by atoms with van der Waals surface area (Å²) in [7, 11) is 0. The molecule has 0 aliphatic carbocycles. The number of likely N-dealkylation sites (tertiary alicyclic amines) is 1. The lowest BCUT2D eigenvalue weighted by Crippen LogP contribution is -2.42. The van der Waals surface area contributed by atoms with E-state index in [1.54, 1.807) is 12.1 Å². The minimum absolute atomic E-state index is 0.113. The number of hydrogen-bond acceptors (Lipinski definition) is 3. The number of aliphatic hydroxyl groups is 1. The van der Waals surface area contributed by atoms with Crippen molar-refractivity contribution in [2.45, 2.75) is 18.9 Å². The van der Waals surface area contributed by atoms with Gasteiger partial charge in [0.15, 0.2) is 0 Å². The smallest absolute Gasteiger partial charge is 0.238 e. The van der Waals surface area contributed by atoms with Crippen LogP contribution in [0.2, 0.25) is 5.02 Å². The van der Waals surface area contributed by atoms with E-state index in [0.29, 0.717) is 17.3 Å². The first-order valence-electron chi connectivity index (χ1n) is 6.20. The highest BCUT2D eigenvalue weighted by Crippen LogP contribution is 2.25. The van der Waals surface area contributed by atoms with Crippen molar-refractivity contribution >= 4 is 39.1 Å². The van der Waals surface area contributed by atoms with Gasteiger partial charge in [-0.1, -0.05) is 27.5 Å². The van der Waals surface area contributed by atoms with Crippen LogP contribution in [0.15, 0.2) is 22.7 Å². The fourth-order valence-corrected chi connectivity index (χ4v) is 2.88. The average Bonchev–Trinajstić information content (AvgIpc) is 2.33. The normalized spacial score (nSPS) is 20.3. The number of β-amino-alcohol motifs (C(OH)–C–C–N with tert-alkyl or cyclic N) is 1. The number of hydrogen-bond donors (Lipinski definition) is 2. The van der Waals surface area contributed by atoms with Crippen molar-refractivity contribution < 1.29 is 9.90 Å². The Morgan fingerprint density at radius 1 is 1.58 bits per heavy atom. The van der Waals surface area contributed by atoms with Crippen molar-refractivity contribution in [3.05, 3.63) is 27.7 Å². The van der Waals surface area contributed by atoms with Gasteiger partial charge in [0.05, 0.1) is 23.4 Å². The number of amides is 1. The maximum absolute atomic E-state index is 11.9. The van der Waals surface area contributed by atoms with E-state index in [1.807, 2.05) is 11.0 Å². The Kier molecular flexibility index (Phi) is 5.21. The Bertz CT molecular complexity index is 470. The molecule has 1 amide bonds. The van der Waals surface area contributed by atoms with E-state index in [9.17, 15) is 9.90 Å². The van der Waals surface area contributed by atoms with E-state index in [4.69, 9.17) is 11.6 Å². The van der Waals surface area contributed by atoms with Crippen LogP contribution < -0.4 is 5.32 Å². The van der Waals surface area contributed by atoms with Crippen molar-refractivity contribution in [2.75, 3.05) is 25.0 Å². The summed E-state index contributed by atoms with van der Waals surface area (Å²) in [6.07, 6.45) is 1.42. The van der Waals surface area contributed by atoms with E-state index in [2.05, 4.69) is 21.2 Å². The van der Waals surface area contributed by atoms with Crippen molar-refractivity contribution in [1.29, 1.82) is 0 Å². The van der Waals surface area contributed by atoms with Crippen LogP contribution >= 0.6 is 27.5 Å². The zero-order valence-corrected chi connectivity index (χ0v) is 12.7. The highest BCUT2D eigenvalue weighted by atomic mass is 79.9. The molecule has 19 heavy (non-hydrogen) atoms. The van der Waals surface area contributed by atoms with E-state index >= 15 is 0 Å². The van der Waals surface area contributed by atoms with Crippen LogP contribution in [0.1, 0.15) is 12.8 Å². The second-order valence-corrected chi connectivity index (χ2v) is 6.03. The second kappa shape index (κ2) is 6.70. The third kappa shape index (κ3) is 4.45. The maximum atomic E-state index is 11.9. The first-order chi connectivity index (χ1) is 9.04. The molecule has 1 saturated heterocycles. The fourth-order valence-electron chi connectivity index (χ4n) is 2.16. The Balaban J connectivity index is 1.90. The summed E-state index contributed by atoms with van der Waals surface area (Å²) in [5, 5.41) is 12.8. The standard InChI is InChI=1S/C13H16BrClN2O2/c14-9-3-4-12(11(15)6-9)16-13(19)8-17-5-1-2-10(18)7-17/h3-4,6,10,18H,1-2,5,7-8H2,(H,16,19). The van der Waals surface area contributed by atoms with Crippen LogP contribution in [0.25, 0.3) is 0 Å². The van der Waals surface area contributed by atoms with Gasteiger partial charge in [-0.05, 0) is 37.6 Å². The van der Waals surface area contributed by atoms with Gasteiger partial charge in [0, 0.05) is 11.0 Å². The van der Waals surface area contributed by atoms with E-state index in [0.717, 1.165) is 23.9 Å². The van der Waals surface area contributed by atoms with Crippen LogP contribution in [0.5, 0.6) is 0 Å². The van der Waals surface area contributed by atoms with Crippen LogP contribution in [0.4, 0.5) is 5.69 Å². The number of nitrogens with zero attached hydrogens (tertiary/aromatic N) is 1. The molecular weight excluding hydrogens is 332 g/mol. The quantitative estimate of drug-likeness (QED) is 0.883. The predicted octanol–water partition coefficient (Wildman–Crippen LogP) is 2.50. The van der Waals surface area contributed by atoms with E-state index < -0.39 is 0 Å². The molecule has 104 valence electrons. The van der Waals surface area contributed by atoms with Gasteiger partial charge >= 0.3 is 0 Å². The molecule has 1 aromatic carbocycles. The number of carbonyl (C=O) groups is 1. The zero-order chi connectivity index (χ0) is 13.8. The minimum atomic E-state index is -0.321. The predicted molar refractivity (Wildman–Crippen MR) is 79.5 cm³/mol. The second-order valence-electron chi connectivity index (χ2n) is 4.70. The van der Waals surface area contributed by atoms with Crippen LogP contribution in [0.3, 0.4) is 0 Å². The van der Waals surface area contributed by atoms with Crippen molar-refractivity contribution in [3.63, 3.8) is 0 Å². The summed E-state index contributed by atoms with van der Waals surface area (Å²) < 4.78 is 0.870. The Morgan fingerprint density at radius 2 is 2.37 bits per heavy atom. The molecule has 1 aliphatic heterocycles. The Morgan fingerprint density at radius 3 is 3.05 bits per heavy atom. The van der Waals surface area contributed by atoms with Crippen LogP contribution in [-0.2, 0) is 4.79 Å². The molecule has 2 N–H and O–H groups in total. The Hall–Kier alpha value is -0.620. The molecule has 1 aromatic rings. The maximum Gasteiger partial charge on any atom is 0.238 e. The first kappa shape index (κ1) is 14.8. The SMILES string of the molecule is O=C(CN1CCCC(O)C1)Nc1ccc(Br)cc1Cl.